The highest BCUT2D eigenvalue weighted by Crippen LogP contribution is 2.20. The number of aliphatic carboxylic acids is 2. The zero-order valence-corrected chi connectivity index (χ0v) is 24.4. The third-order valence-corrected chi connectivity index (χ3v) is 7.51. The van der Waals surface area contributed by atoms with Crippen LogP contribution in [0.2, 0.25) is 0 Å². The van der Waals surface area contributed by atoms with Crippen LogP contribution in [0.15, 0.2) is 60.9 Å². The van der Waals surface area contributed by atoms with Crippen molar-refractivity contribution in [2.24, 2.45) is 5.73 Å². The highest BCUT2D eigenvalue weighted by Gasteiger charge is 2.33. The number of carboxylic acid groups (broad SMARTS) is 2. The number of carbonyl (C=O) groups excluding carboxylic acids is 3. The van der Waals surface area contributed by atoms with Crippen LogP contribution in [0.25, 0.3) is 21.8 Å². The lowest BCUT2D eigenvalue weighted by Gasteiger charge is -2.25. The number of carbonyl (C=O) groups is 5. The van der Waals surface area contributed by atoms with Gasteiger partial charge in [-0.2, -0.15) is 0 Å². The van der Waals surface area contributed by atoms with Crippen molar-refractivity contribution in [1.82, 2.24) is 25.9 Å². The molecule has 238 valence electrons. The quantitative estimate of drug-likeness (QED) is 0.0900. The zero-order chi connectivity index (χ0) is 32.7. The number of aromatic nitrogens is 2. The number of rotatable bonds is 15. The Morgan fingerprint density at radius 2 is 1.27 bits per heavy atom. The van der Waals surface area contributed by atoms with Crippen LogP contribution in [0.3, 0.4) is 0 Å². The summed E-state index contributed by atoms with van der Waals surface area (Å²) in [5.74, 6) is -5.16. The van der Waals surface area contributed by atoms with Gasteiger partial charge in [-0.15, -0.1) is 0 Å². The molecular weight excluding hydrogens is 584 g/mol. The first-order chi connectivity index (χ1) is 21.4. The van der Waals surface area contributed by atoms with Crippen molar-refractivity contribution in [1.29, 1.82) is 0 Å². The molecule has 2 heterocycles. The van der Waals surface area contributed by atoms with E-state index in [1.807, 2.05) is 36.4 Å². The summed E-state index contributed by atoms with van der Waals surface area (Å²) in [7, 11) is 0. The number of H-pyrrole nitrogens is 2. The van der Waals surface area contributed by atoms with Gasteiger partial charge < -0.3 is 47.0 Å². The predicted molar refractivity (Wildman–Crippen MR) is 164 cm³/mol. The van der Waals surface area contributed by atoms with Crippen LogP contribution >= 0.6 is 0 Å². The Hall–Kier alpha value is -5.21. The number of amides is 3. The molecule has 0 fully saturated rings. The molecule has 0 spiro atoms. The molecular formula is C31H36N6O8. The maximum absolute atomic E-state index is 13.5. The summed E-state index contributed by atoms with van der Waals surface area (Å²) in [6.07, 6.45) is 1.19. The number of nitrogens with two attached hydrogens (primary N) is 1. The Kier molecular flexibility index (Phi) is 10.5. The standard InChI is InChI=1S/C31H36N6O8/c1-16(38)27(31(44)45)37-30(43)25(13-18-15-34-23-9-5-3-7-20(18)23)36-29(42)24(10-11-26(39)40)35-28(41)21(32)12-17-14-33-22-8-4-2-6-19(17)22/h2-9,14-16,21,24-25,27,33-34,38H,10-13,32H2,1H3,(H,35,41)(H,36,42)(H,37,43)(H,39,40)(H,44,45)/t16-,21+,24+,25+,27+/m1/s1. The summed E-state index contributed by atoms with van der Waals surface area (Å²) in [5.41, 5.74) is 9.22. The van der Waals surface area contributed by atoms with Gasteiger partial charge in [0.1, 0.15) is 12.1 Å². The maximum atomic E-state index is 13.5. The molecule has 0 saturated carbocycles. The van der Waals surface area contributed by atoms with Gasteiger partial charge in [0, 0.05) is 47.0 Å². The minimum absolute atomic E-state index is 0.0899. The number of carboxylic acids is 2. The number of aliphatic hydroxyl groups excluding tert-OH is 1. The average Bonchev–Trinajstić information content (AvgIpc) is 3.60. The minimum Gasteiger partial charge on any atom is -0.481 e. The average molecular weight is 621 g/mol. The fourth-order valence-electron chi connectivity index (χ4n) is 5.09. The van der Waals surface area contributed by atoms with Crippen molar-refractivity contribution in [3.05, 3.63) is 72.1 Å². The molecule has 0 aliphatic carbocycles. The van der Waals surface area contributed by atoms with E-state index in [4.69, 9.17) is 5.73 Å². The Balaban J connectivity index is 1.54. The first-order valence-corrected chi connectivity index (χ1v) is 14.3. The zero-order valence-electron chi connectivity index (χ0n) is 24.4. The van der Waals surface area contributed by atoms with Crippen molar-refractivity contribution in [3.63, 3.8) is 0 Å². The van der Waals surface area contributed by atoms with Gasteiger partial charge in [0.05, 0.1) is 12.1 Å². The Labute approximate surface area is 257 Å². The molecule has 0 bridgehead atoms. The second-order valence-corrected chi connectivity index (χ2v) is 10.9. The van der Waals surface area contributed by atoms with Crippen LogP contribution in [-0.2, 0) is 36.8 Å². The van der Waals surface area contributed by atoms with Crippen molar-refractivity contribution in [3.8, 4) is 0 Å². The van der Waals surface area contributed by atoms with E-state index in [9.17, 15) is 39.3 Å². The molecule has 14 nitrogen and oxygen atoms in total. The summed E-state index contributed by atoms with van der Waals surface area (Å²) in [6.45, 7) is 1.20. The first kappa shape index (κ1) is 32.7. The first-order valence-electron chi connectivity index (χ1n) is 14.3. The van der Waals surface area contributed by atoms with Gasteiger partial charge in [-0.05, 0) is 43.0 Å². The van der Waals surface area contributed by atoms with E-state index in [0.717, 1.165) is 27.4 Å². The number of aromatic amines is 2. The number of nitrogens with one attached hydrogen (secondary N) is 5. The molecule has 0 aliphatic rings. The summed E-state index contributed by atoms with van der Waals surface area (Å²) in [6, 6.07) is 9.19. The molecule has 0 unspecified atom stereocenters. The van der Waals surface area contributed by atoms with Crippen LogP contribution in [-0.4, -0.2) is 85.2 Å². The molecule has 10 N–H and O–H groups in total. The predicted octanol–water partition coefficient (Wildman–Crippen LogP) is 0.546. The van der Waals surface area contributed by atoms with E-state index < -0.39 is 66.4 Å². The van der Waals surface area contributed by atoms with Crippen molar-refractivity contribution in [2.45, 2.75) is 62.9 Å². The fraction of sp³-hybridized carbons (Fsp3) is 0.323. The second-order valence-electron chi connectivity index (χ2n) is 10.9. The van der Waals surface area contributed by atoms with E-state index in [2.05, 4.69) is 25.9 Å². The van der Waals surface area contributed by atoms with E-state index >= 15 is 0 Å². The number of hydrogen-bond acceptors (Lipinski definition) is 7. The Morgan fingerprint density at radius 1 is 0.756 bits per heavy atom. The van der Waals surface area contributed by atoms with Crippen LogP contribution < -0.4 is 21.7 Å². The monoisotopic (exact) mass is 620 g/mol. The van der Waals surface area contributed by atoms with Gasteiger partial charge in [0.25, 0.3) is 0 Å². The smallest absolute Gasteiger partial charge is 0.328 e. The number of benzene rings is 2. The van der Waals surface area contributed by atoms with E-state index in [1.54, 1.807) is 24.5 Å². The van der Waals surface area contributed by atoms with Gasteiger partial charge in [-0.3, -0.25) is 19.2 Å². The van der Waals surface area contributed by atoms with Crippen molar-refractivity contribution >= 4 is 51.5 Å². The SMILES string of the molecule is C[C@@H](O)[C@H](NC(=O)[C@H](Cc1c[nH]c2ccccc12)NC(=O)[C@H](CCC(=O)O)NC(=O)[C@@H](N)Cc1c[nH]c2ccccc12)C(=O)O. The summed E-state index contributed by atoms with van der Waals surface area (Å²) >= 11 is 0. The molecule has 0 aliphatic heterocycles. The van der Waals surface area contributed by atoms with Gasteiger partial charge >= 0.3 is 11.9 Å². The summed E-state index contributed by atoms with van der Waals surface area (Å²) < 4.78 is 0. The van der Waals surface area contributed by atoms with Crippen LogP contribution in [0, 0.1) is 0 Å². The third-order valence-electron chi connectivity index (χ3n) is 7.51. The van der Waals surface area contributed by atoms with Gasteiger partial charge in [0.15, 0.2) is 6.04 Å². The van der Waals surface area contributed by atoms with Gasteiger partial charge in [-0.25, -0.2) is 4.79 Å². The van der Waals surface area contributed by atoms with E-state index in [-0.39, 0.29) is 19.3 Å². The van der Waals surface area contributed by atoms with Gasteiger partial charge in [-0.1, -0.05) is 36.4 Å². The molecule has 3 amide bonds. The topological polar surface area (TPSA) is 240 Å². The largest absolute Gasteiger partial charge is 0.481 e. The number of hydrogen-bond donors (Lipinski definition) is 9. The van der Waals surface area contributed by atoms with E-state index in [0.29, 0.717) is 5.56 Å². The number of para-hydroxylation sites is 2. The molecule has 0 radical (unpaired) electrons. The molecule has 14 heteroatoms. The number of aliphatic hydroxyl groups is 1. The fourth-order valence-corrected chi connectivity index (χ4v) is 5.09. The molecule has 2 aromatic heterocycles. The molecule has 5 atom stereocenters. The lowest BCUT2D eigenvalue weighted by atomic mass is 10.0. The van der Waals surface area contributed by atoms with Crippen LogP contribution in [0.4, 0.5) is 0 Å². The third kappa shape index (κ3) is 8.25. The van der Waals surface area contributed by atoms with Crippen molar-refractivity contribution < 1.29 is 39.3 Å². The Bertz CT molecular complexity index is 1700. The lowest BCUT2D eigenvalue weighted by Crippen LogP contribution is -2.59. The maximum Gasteiger partial charge on any atom is 0.328 e. The molecule has 0 saturated heterocycles. The van der Waals surface area contributed by atoms with Crippen molar-refractivity contribution in [2.75, 3.05) is 0 Å². The highest BCUT2D eigenvalue weighted by atomic mass is 16.4. The normalized spacial score (nSPS) is 14.6. The van der Waals surface area contributed by atoms with E-state index in [1.165, 1.54) is 6.92 Å². The van der Waals surface area contributed by atoms with Crippen LogP contribution in [0.5, 0.6) is 0 Å². The van der Waals surface area contributed by atoms with Crippen LogP contribution in [0.1, 0.15) is 30.9 Å². The van der Waals surface area contributed by atoms with Gasteiger partial charge in [0.2, 0.25) is 17.7 Å². The highest BCUT2D eigenvalue weighted by molar-refractivity contribution is 5.95. The number of fused-ring (bicyclic) bond motifs is 2. The lowest BCUT2D eigenvalue weighted by molar-refractivity contribution is -0.145. The summed E-state index contributed by atoms with van der Waals surface area (Å²) in [5, 5.41) is 37.6. The molecule has 45 heavy (non-hydrogen) atoms. The molecule has 2 aromatic carbocycles. The second kappa shape index (κ2) is 14.5. The molecule has 4 rings (SSSR count). The molecule has 4 aromatic rings. The Morgan fingerprint density at radius 3 is 1.80 bits per heavy atom. The minimum atomic E-state index is -1.66. The summed E-state index contributed by atoms with van der Waals surface area (Å²) in [4.78, 5) is 69.2.